The van der Waals surface area contributed by atoms with Crippen LogP contribution in [0.5, 0.6) is 5.75 Å². The molecule has 0 bridgehead atoms. The number of hydrogen-bond acceptors (Lipinski definition) is 4. The van der Waals surface area contributed by atoms with Gasteiger partial charge in [0.2, 0.25) is 10.0 Å². The zero-order valence-electron chi connectivity index (χ0n) is 12.8. The normalized spacial score (nSPS) is 19.5. The highest BCUT2D eigenvalue weighted by Crippen LogP contribution is 2.27. The first-order valence-electron chi connectivity index (χ1n) is 7.20. The van der Waals surface area contributed by atoms with E-state index in [-0.39, 0.29) is 11.0 Å². The molecule has 118 valence electrons. The number of hydrogen-bond donors (Lipinski definition) is 1. The molecular weight excluding hydrogens is 290 g/mol. The van der Waals surface area contributed by atoms with E-state index in [1.54, 1.807) is 12.1 Å². The highest BCUT2D eigenvalue weighted by molar-refractivity contribution is 7.89. The molecule has 0 saturated carbocycles. The van der Waals surface area contributed by atoms with Crippen LogP contribution in [-0.4, -0.2) is 34.8 Å². The second-order valence-electron chi connectivity index (χ2n) is 5.43. The van der Waals surface area contributed by atoms with E-state index < -0.39 is 10.0 Å². The van der Waals surface area contributed by atoms with Crippen LogP contribution in [0.1, 0.15) is 30.4 Å². The van der Waals surface area contributed by atoms with E-state index in [0.29, 0.717) is 18.9 Å². The summed E-state index contributed by atoms with van der Waals surface area (Å²) in [6.07, 6.45) is 2.99. The molecule has 1 aromatic rings. The van der Waals surface area contributed by atoms with Gasteiger partial charge in [0.15, 0.2) is 0 Å². The van der Waals surface area contributed by atoms with Gasteiger partial charge in [-0.15, -0.1) is 0 Å². The monoisotopic (exact) mass is 313 g/mol. The van der Waals surface area contributed by atoms with Crippen LogP contribution in [0.2, 0.25) is 0 Å². The summed E-state index contributed by atoms with van der Waals surface area (Å²) >= 11 is 0. The van der Waals surface area contributed by atoms with E-state index in [9.17, 15) is 8.42 Å². The predicted octanol–water partition coefficient (Wildman–Crippen LogP) is 2.16. The van der Waals surface area contributed by atoms with Gasteiger partial charge in [-0.25, -0.2) is 13.1 Å². The Labute approximate surface area is 126 Å². The Morgan fingerprint density at radius 1 is 1.29 bits per heavy atom. The van der Waals surface area contributed by atoms with Gasteiger partial charge in [0.05, 0.1) is 13.2 Å². The molecule has 1 aliphatic heterocycles. The van der Waals surface area contributed by atoms with Gasteiger partial charge in [0.25, 0.3) is 0 Å². The van der Waals surface area contributed by atoms with Crippen LogP contribution in [0.25, 0.3) is 0 Å². The molecule has 0 aromatic heterocycles. The molecule has 1 aromatic carbocycles. The summed E-state index contributed by atoms with van der Waals surface area (Å²) in [5, 5.41) is 0. The molecule has 1 heterocycles. The van der Waals surface area contributed by atoms with Crippen molar-refractivity contribution in [1.29, 1.82) is 0 Å². The molecule has 1 atom stereocenters. The number of benzene rings is 1. The van der Waals surface area contributed by atoms with Crippen molar-refractivity contribution < 1.29 is 17.9 Å². The van der Waals surface area contributed by atoms with Gasteiger partial charge in [-0.3, -0.25) is 0 Å². The summed E-state index contributed by atoms with van der Waals surface area (Å²) < 4.78 is 38.3. The minimum Gasteiger partial charge on any atom is -0.495 e. The van der Waals surface area contributed by atoms with E-state index in [0.717, 1.165) is 30.4 Å². The number of nitrogens with one attached hydrogen (secondary N) is 1. The Hall–Kier alpha value is -1.11. The van der Waals surface area contributed by atoms with Gasteiger partial charge in [0, 0.05) is 13.2 Å². The maximum atomic E-state index is 12.5. The lowest BCUT2D eigenvalue weighted by Crippen LogP contribution is -2.35. The SMILES string of the molecule is COc1cc(C)c(C)cc1S(=O)(=O)NCC1CCCCO1. The number of methoxy groups -OCH3 is 1. The number of rotatable bonds is 5. The Bertz CT molecular complexity index is 592. The molecule has 5 nitrogen and oxygen atoms in total. The van der Waals surface area contributed by atoms with Crippen molar-refractivity contribution in [2.24, 2.45) is 0 Å². The van der Waals surface area contributed by atoms with Crippen molar-refractivity contribution in [2.45, 2.75) is 44.1 Å². The van der Waals surface area contributed by atoms with Crippen LogP contribution in [0.4, 0.5) is 0 Å². The topological polar surface area (TPSA) is 64.6 Å². The summed E-state index contributed by atoms with van der Waals surface area (Å²) in [5.74, 6) is 0.371. The van der Waals surface area contributed by atoms with Crippen molar-refractivity contribution in [1.82, 2.24) is 4.72 Å². The molecule has 0 spiro atoms. The quantitative estimate of drug-likeness (QED) is 0.905. The molecule has 0 radical (unpaired) electrons. The highest BCUT2D eigenvalue weighted by atomic mass is 32.2. The van der Waals surface area contributed by atoms with Crippen LogP contribution in [-0.2, 0) is 14.8 Å². The second kappa shape index (κ2) is 6.77. The van der Waals surface area contributed by atoms with Crippen molar-refractivity contribution in [2.75, 3.05) is 20.3 Å². The number of sulfonamides is 1. The fourth-order valence-electron chi connectivity index (χ4n) is 2.38. The Balaban J connectivity index is 2.16. The summed E-state index contributed by atoms with van der Waals surface area (Å²) in [7, 11) is -2.12. The summed E-state index contributed by atoms with van der Waals surface area (Å²) in [6.45, 7) is 4.83. The Morgan fingerprint density at radius 2 is 2.00 bits per heavy atom. The number of ether oxygens (including phenoxy) is 2. The molecule has 6 heteroatoms. The van der Waals surface area contributed by atoms with Crippen LogP contribution < -0.4 is 9.46 Å². The van der Waals surface area contributed by atoms with Crippen molar-refractivity contribution >= 4 is 10.0 Å². The molecular formula is C15H23NO4S. The first-order valence-corrected chi connectivity index (χ1v) is 8.69. The fourth-order valence-corrected chi connectivity index (χ4v) is 3.68. The average Bonchev–Trinajstić information content (AvgIpc) is 2.48. The minimum atomic E-state index is -3.60. The molecule has 1 fully saturated rings. The van der Waals surface area contributed by atoms with Crippen LogP contribution in [0, 0.1) is 13.8 Å². The molecule has 1 unspecified atom stereocenters. The maximum Gasteiger partial charge on any atom is 0.244 e. The standard InChI is InChI=1S/C15H23NO4S/c1-11-8-14(19-3)15(9-12(11)2)21(17,18)16-10-13-6-4-5-7-20-13/h8-9,13,16H,4-7,10H2,1-3H3. The smallest absolute Gasteiger partial charge is 0.244 e. The van der Waals surface area contributed by atoms with Gasteiger partial charge in [-0.05, 0) is 56.4 Å². The highest BCUT2D eigenvalue weighted by Gasteiger charge is 2.23. The van der Waals surface area contributed by atoms with Crippen molar-refractivity contribution in [3.05, 3.63) is 23.3 Å². The number of aryl methyl sites for hydroxylation is 2. The summed E-state index contributed by atoms with van der Waals surface area (Å²) in [4.78, 5) is 0.184. The lowest BCUT2D eigenvalue weighted by atomic mass is 10.1. The molecule has 0 aliphatic carbocycles. The second-order valence-corrected chi connectivity index (χ2v) is 7.16. The Morgan fingerprint density at radius 3 is 2.62 bits per heavy atom. The molecule has 0 amide bonds. The Kier molecular flexibility index (Phi) is 5.24. The molecule has 21 heavy (non-hydrogen) atoms. The predicted molar refractivity (Wildman–Crippen MR) is 81.2 cm³/mol. The van der Waals surface area contributed by atoms with Crippen molar-refractivity contribution in [3.8, 4) is 5.75 Å². The first-order chi connectivity index (χ1) is 9.94. The summed E-state index contributed by atoms with van der Waals surface area (Å²) in [5.41, 5.74) is 1.92. The summed E-state index contributed by atoms with van der Waals surface area (Å²) in [6, 6.07) is 3.40. The van der Waals surface area contributed by atoms with E-state index in [1.165, 1.54) is 7.11 Å². The van der Waals surface area contributed by atoms with E-state index in [1.807, 2.05) is 13.8 Å². The van der Waals surface area contributed by atoms with Gasteiger partial charge in [-0.2, -0.15) is 0 Å². The largest absolute Gasteiger partial charge is 0.495 e. The maximum absolute atomic E-state index is 12.5. The van der Waals surface area contributed by atoms with Gasteiger partial charge < -0.3 is 9.47 Å². The third-order valence-electron chi connectivity index (χ3n) is 3.84. The average molecular weight is 313 g/mol. The van der Waals surface area contributed by atoms with Crippen LogP contribution >= 0.6 is 0 Å². The third kappa shape index (κ3) is 3.96. The van der Waals surface area contributed by atoms with E-state index in [4.69, 9.17) is 9.47 Å². The minimum absolute atomic E-state index is 0.0361. The van der Waals surface area contributed by atoms with E-state index >= 15 is 0 Å². The lowest BCUT2D eigenvalue weighted by Gasteiger charge is -2.23. The molecule has 1 saturated heterocycles. The lowest BCUT2D eigenvalue weighted by molar-refractivity contribution is 0.0200. The molecule has 2 rings (SSSR count). The molecule has 1 aliphatic rings. The fraction of sp³-hybridized carbons (Fsp3) is 0.600. The zero-order valence-corrected chi connectivity index (χ0v) is 13.6. The van der Waals surface area contributed by atoms with Crippen molar-refractivity contribution in [3.63, 3.8) is 0 Å². The van der Waals surface area contributed by atoms with Gasteiger partial charge >= 0.3 is 0 Å². The molecule has 1 N–H and O–H groups in total. The van der Waals surface area contributed by atoms with Crippen LogP contribution in [0.3, 0.4) is 0 Å². The van der Waals surface area contributed by atoms with Gasteiger partial charge in [-0.1, -0.05) is 0 Å². The van der Waals surface area contributed by atoms with Crippen LogP contribution in [0.15, 0.2) is 17.0 Å². The third-order valence-corrected chi connectivity index (χ3v) is 5.29. The van der Waals surface area contributed by atoms with Gasteiger partial charge in [0.1, 0.15) is 10.6 Å². The first kappa shape index (κ1) is 16.3. The van der Waals surface area contributed by atoms with E-state index in [2.05, 4.69) is 4.72 Å². The zero-order chi connectivity index (χ0) is 15.5.